The normalized spacial score (nSPS) is 13.5. The van der Waals surface area contributed by atoms with Crippen molar-refractivity contribution in [1.82, 2.24) is 9.55 Å². The zero-order chi connectivity index (χ0) is 7.56. The number of hydrogen-bond acceptors (Lipinski definition) is 1. The second kappa shape index (κ2) is 3.19. The second-order valence-corrected chi connectivity index (χ2v) is 3.10. The number of halogens is 1. The summed E-state index contributed by atoms with van der Waals surface area (Å²) >= 11 is 3.42. The molecule has 1 unspecified atom stereocenters. The van der Waals surface area contributed by atoms with Crippen LogP contribution in [0.5, 0.6) is 0 Å². The molecule has 3 heteroatoms. The lowest BCUT2D eigenvalue weighted by Gasteiger charge is -2.05. The number of alkyl halides is 1. The molecule has 0 bridgehead atoms. The molecule has 1 rings (SSSR count). The molecule has 0 aliphatic carbocycles. The van der Waals surface area contributed by atoms with Crippen molar-refractivity contribution in [3.8, 4) is 0 Å². The summed E-state index contributed by atoms with van der Waals surface area (Å²) in [6.07, 6.45) is 3.79. The third kappa shape index (κ3) is 1.40. The van der Waals surface area contributed by atoms with Crippen molar-refractivity contribution >= 4 is 15.9 Å². The molecule has 2 nitrogen and oxygen atoms in total. The summed E-state index contributed by atoms with van der Waals surface area (Å²) < 4.78 is 2.05. The lowest BCUT2D eigenvalue weighted by molar-refractivity contribution is 0.721. The van der Waals surface area contributed by atoms with Crippen molar-refractivity contribution < 1.29 is 0 Å². The van der Waals surface area contributed by atoms with Crippen LogP contribution in [-0.4, -0.2) is 14.9 Å². The van der Waals surface area contributed by atoms with Gasteiger partial charge in [-0.2, -0.15) is 0 Å². The van der Waals surface area contributed by atoms with Crippen molar-refractivity contribution in [3.63, 3.8) is 0 Å². The number of nitrogens with zero attached hydrogens (tertiary/aromatic N) is 2. The Bertz CT molecular complexity index is 207. The van der Waals surface area contributed by atoms with Crippen LogP contribution in [0.3, 0.4) is 0 Å². The predicted octanol–water partition coefficient (Wildman–Crippen LogP) is 1.92. The van der Waals surface area contributed by atoms with Crippen LogP contribution in [0.25, 0.3) is 0 Å². The number of aromatic nitrogens is 2. The molecular weight excluding hydrogens is 192 g/mol. The Labute approximate surface area is 69.4 Å². The van der Waals surface area contributed by atoms with Crippen molar-refractivity contribution in [2.24, 2.45) is 7.05 Å². The number of rotatable bonds is 2. The first-order chi connectivity index (χ1) is 4.75. The third-order valence-corrected chi connectivity index (χ3v) is 2.50. The van der Waals surface area contributed by atoms with Crippen molar-refractivity contribution in [2.75, 3.05) is 5.33 Å². The summed E-state index contributed by atoms with van der Waals surface area (Å²) in [5.74, 6) is 1.64. The van der Waals surface area contributed by atoms with E-state index < -0.39 is 0 Å². The summed E-state index contributed by atoms with van der Waals surface area (Å²) in [5, 5.41) is 0.970. The third-order valence-electron chi connectivity index (χ3n) is 1.53. The van der Waals surface area contributed by atoms with E-state index in [9.17, 15) is 0 Å². The predicted molar refractivity (Wildman–Crippen MR) is 45.4 cm³/mol. The van der Waals surface area contributed by atoms with Crippen LogP contribution >= 0.6 is 15.9 Å². The topological polar surface area (TPSA) is 17.8 Å². The minimum Gasteiger partial charge on any atom is -0.338 e. The van der Waals surface area contributed by atoms with E-state index in [0.29, 0.717) is 5.92 Å². The largest absolute Gasteiger partial charge is 0.338 e. The summed E-state index contributed by atoms with van der Waals surface area (Å²) in [6.45, 7) is 2.15. The molecule has 1 atom stereocenters. The van der Waals surface area contributed by atoms with E-state index in [-0.39, 0.29) is 0 Å². The van der Waals surface area contributed by atoms with Gasteiger partial charge >= 0.3 is 0 Å². The van der Waals surface area contributed by atoms with E-state index in [1.54, 1.807) is 0 Å². The van der Waals surface area contributed by atoms with Gasteiger partial charge in [0, 0.05) is 30.7 Å². The maximum atomic E-state index is 4.22. The molecule has 10 heavy (non-hydrogen) atoms. The molecule has 0 saturated heterocycles. The van der Waals surface area contributed by atoms with Gasteiger partial charge in [0.25, 0.3) is 0 Å². The second-order valence-electron chi connectivity index (χ2n) is 2.45. The summed E-state index contributed by atoms with van der Waals surface area (Å²) in [7, 11) is 2.02. The van der Waals surface area contributed by atoms with Crippen molar-refractivity contribution in [1.29, 1.82) is 0 Å². The van der Waals surface area contributed by atoms with Crippen LogP contribution in [0.1, 0.15) is 18.7 Å². The zero-order valence-corrected chi connectivity index (χ0v) is 7.80. The van der Waals surface area contributed by atoms with Crippen LogP contribution in [0.15, 0.2) is 12.4 Å². The van der Waals surface area contributed by atoms with Crippen LogP contribution < -0.4 is 0 Å². The number of aryl methyl sites for hydroxylation is 1. The molecule has 0 aliphatic rings. The van der Waals surface area contributed by atoms with Gasteiger partial charge in [0.1, 0.15) is 5.82 Å². The number of imidazole rings is 1. The molecule has 1 aromatic heterocycles. The first-order valence-electron chi connectivity index (χ1n) is 3.29. The van der Waals surface area contributed by atoms with E-state index in [1.807, 2.05) is 24.0 Å². The van der Waals surface area contributed by atoms with E-state index in [2.05, 4.69) is 27.8 Å². The van der Waals surface area contributed by atoms with Gasteiger partial charge in [-0.3, -0.25) is 0 Å². The van der Waals surface area contributed by atoms with Crippen molar-refractivity contribution in [3.05, 3.63) is 18.2 Å². The van der Waals surface area contributed by atoms with Gasteiger partial charge in [-0.15, -0.1) is 0 Å². The van der Waals surface area contributed by atoms with E-state index in [1.165, 1.54) is 0 Å². The maximum absolute atomic E-state index is 4.22. The van der Waals surface area contributed by atoms with Crippen LogP contribution in [0.2, 0.25) is 0 Å². The van der Waals surface area contributed by atoms with Gasteiger partial charge < -0.3 is 4.57 Å². The number of hydrogen-bond donors (Lipinski definition) is 0. The molecule has 0 aliphatic heterocycles. The van der Waals surface area contributed by atoms with Gasteiger partial charge in [0.15, 0.2) is 0 Å². The SMILES string of the molecule is CC(CBr)c1nccn1C. The zero-order valence-electron chi connectivity index (χ0n) is 6.21. The van der Waals surface area contributed by atoms with Gasteiger partial charge in [-0.1, -0.05) is 22.9 Å². The molecule has 0 fully saturated rings. The average Bonchev–Trinajstić information content (AvgIpc) is 2.34. The summed E-state index contributed by atoms with van der Waals surface area (Å²) in [5.41, 5.74) is 0. The smallest absolute Gasteiger partial charge is 0.112 e. The first-order valence-corrected chi connectivity index (χ1v) is 4.41. The minimum absolute atomic E-state index is 0.500. The minimum atomic E-state index is 0.500. The highest BCUT2D eigenvalue weighted by Gasteiger charge is 2.06. The lowest BCUT2D eigenvalue weighted by atomic mass is 10.2. The van der Waals surface area contributed by atoms with Crippen LogP contribution in [0, 0.1) is 0 Å². The highest BCUT2D eigenvalue weighted by Crippen LogP contribution is 2.13. The average molecular weight is 203 g/mol. The van der Waals surface area contributed by atoms with Gasteiger partial charge in [0.05, 0.1) is 0 Å². The molecule has 0 N–H and O–H groups in total. The lowest BCUT2D eigenvalue weighted by Crippen LogP contribution is -2.03. The van der Waals surface area contributed by atoms with Crippen molar-refractivity contribution in [2.45, 2.75) is 12.8 Å². The molecule has 0 spiro atoms. The molecule has 0 saturated carbocycles. The van der Waals surface area contributed by atoms with Crippen LogP contribution in [-0.2, 0) is 7.05 Å². The Kier molecular flexibility index (Phi) is 2.49. The molecule has 56 valence electrons. The highest BCUT2D eigenvalue weighted by molar-refractivity contribution is 9.09. The molecular formula is C7H11BrN2. The summed E-state index contributed by atoms with van der Waals surface area (Å²) in [4.78, 5) is 4.22. The standard InChI is InChI=1S/C7H11BrN2/c1-6(5-8)7-9-3-4-10(7)2/h3-4,6H,5H2,1-2H3. The monoisotopic (exact) mass is 202 g/mol. The molecule has 0 aromatic carbocycles. The first kappa shape index (κ1) is 7.79. The van der Waals surface area contributed by atoms with Gasteiger partial charge in [-0.25, -0.2) is 4.98 Å². The highest BCUT2D eigenvalue weighted by atomic mass is 79.9. The van der Waals surface area contributed by atoms with E-state index in [0.717, 1.165) is 11.2 Å². The van der Waals surface area contributed by atoms with Gasteiger partial charge in [0.2, 0.25) is 0 Å². The van der Waals surface area contributed by atoms with Gasteiger partial charge in [-0.05, 0) is 0 Å². The Morgan fingerprint density at radius 3 is 2.90 bits per heavy atom. The fourth-order valence-corrected chi connectivity index (χ4v) is 1.21. The maximum Gasteiger partial charge on any atom is 0.112 e. The molecule has 1 heterocycles. The Balaban J connectivity index is 2.82. The van der Waals surface area contributed by atoms with E-state index >= 15 is 0 Å². The Morgan fingerprint density at radius 2 is 2.50 bits per heavy atom. The molecule has 1 aromatic rings. The Morgan fingerprint density at radius 1 is 1.80 bits per heavy atom. The van der Waals surface area contributed by atoms with E-state index in [4.69, 9.17) is 0 Å². The quantitative estimate of drug-likeness (QED) is 0.671. The Hall–Kier alpha value is -0.310. The summed E-state index contributed by atoms with van der Waals surface area (Å²) in [6, 6.07) is 0. The van der Waals surface area contributed by atoms with Crippen LogP contribution in [0.4, 0.5) is 0 Å². The fourth-order valence-electron chi connectivity index (χ4n) is 0.921. The fraction of sp³-hybridized carbons (Fsp3) is 0.571. The molecule has 0 radical (unpaired) electrons. The molecule has 0 amide bonds.